The van der Waals surface area contributed by atoms with E-state index in [1.807, 2.05) is 51.1 Å². The summed E-state index contributed by atoms with van der Waals surface area (Å²) in [5.41, 5.74) is -1.74. The van der Waals surface area contributed by atoms with E-state index in [1.165, 1.54) is 0 Å². The molecule has 0 aromatic heterocycles. The number of ether oxygens (including phenoxy) is 1. The number of aliphatic hydroxyl groups is 1. The van der Waals surface area contributed by atoms with Gasteiger partial charge in [0.05, 0.1) is 0 Å². The molecule has 1 aliphatic carbocycles. The van der Waals surface area contributed by atoms with Gasteiger partial charge in [0.15, 0.2) is 0 Å². The smallest absolute Gasteiger partial charge is 0.315 e. The van der Waals surface area contributed by atoms with Gasteiger partial charge < -0.3 is 9.84 Å². The minimum atomic E-state index is -1.18. The highest BCUT2D eigenvalue weighted by molar-refractivity contribution is 5.82. The molecule has 1 aromatic carbocycles. The summed E-state index contributed by atoms with van der Waals surface area (Å²) in [7, 11) is 0. The summed E-state index contributed by atoms with van der Waals surface area (Å²) in [6.07, 6.45) is 1.34. The third-order valence-corrected chi connectivity index (χ3v) is 3.81. The van der Waals surface area contributed by atoms with Gasteiger partial charge in [-0.2, -0.15) is 0 Å². The third kappa shape index (κ3) is 2.52. The number of carbonyl (C=O) groups is 1. The zero-order valence-electron chi connectivity index (χ0n) is 12.1. The zero-order valence-corrected chi connectivity index (χ0v) is 12.1. The van der Waals surface area contributed by atoms with E-state index < -0.39 is 16.6 Å². The van der Waals surface area contributed by atoms with Crippen molar-refractivity contribution in [2.45, 2.75) is 51.7 Å². The second-order valence-electron chi connectivity index (χ2n) is 6.52. The molecule has 1 atom stereocenters. The monoisotopic (exact) mass is 262 g/mol. The van der Waals surface area contributed by atoms with E-state index in [9.17, 15) is 9.90 Å². The topological polar surface area (TPSA) is 46.5 Å². The lowest BCUT2D eigenvalue weighted by molar-refractivity contribution is -0.173. The van der Waals surface area contributed by atoms with Gasteiger partial charge in [0.1, 0.15) is 16.6 Å². The summed E-state index contributed by atoms with van der Waals surface area (Å²) < 4.78 is 5.47. The van der Waals surface area contributed by atoms with E-state index in [2.05, 4.69) is 0 Å². The molecule has 1 aromatic rings. The summed E-state index contributed by atoms with van der Waals surface area (Å²) in [5, 5.41) is 10.8. The van der Waals surface area contributed by atoms with Gasteiger partial charge in [-0.1, -0.05) is 30.3 Å². The average Bonchev–Trinajstić information content (AvgIpc) is 3.09. The Morgan fingerprint density at radius 3 is 2.11 bits per heavy atom. The molecule has 0 spiro atoms. The van der Waals surface area contributed by atoms with Gasteiger partial charge in [-0.15, -0.1) is 0 Å². The summed E-state index contributed by atoms with van der Waals surface area (Å²) in [6.45, 7) is 7.24. The van der Waals surface area contributed by atoms with Crippen LogP contribution >= 0.6 is 0 Å². The molecule has 0 heterocycles. The maximum absolute atomic E-state index is 12.4. The molecule has 2 rings (SSSR count). The number of benzene rings is 1. The summed E-state index contributed by atoms with van der Waals surface area (Å²) >= 11 is 0. The van der Waals surface area contributed by atoms with Crippen LogP contribution in [0.1, 0.15) is 46.1 Å². The standard InChI is InChI=1S/C16H22O3/c1-14(2,3)19-13(17)16(10-11-16)15(4,18)12-8-6-5-7-9-12/h5-9,18H,10-11H2,1-4H3. The summed E-state index contributed by atoms with van der Waals surface area (Å²) in [6, 6.07) is 9.34. The molecule has 19 heavy (non-hydrogen) atoms. The van der Waals surface area contributed by atoms with Gasteiger partial charge >= 0.3 is 5.97 Å². The first-order valence-corrected chi connectivity index (χ1v) is 6.70. The fourth-order valence-electron chi connectivity index (χ4n) is 2.43. The zero-order chi connectivity index (χ0) is 14.3. The van der Waals surface area contributed by atoms with Crippen molar-refractivity contribution < 1.29 is 14.6 Å². The van der Waals surface area contributed by atoms with Crippen molar-refractivity contribution in [3.63, 3.8) is 0 Å². The lowest BCUT2D eigenvalue weighted by Crippen LogP contribution is -2.42. The minimum absolute atomic E-state index is 0.297. The molecule has 3 heteroatoms. The van der Waals surface area contributed by atoms with Gasteiger partial charge in [-0.3, -0.25) is 4.79 Å². The molecule has 0 aliphatic heterocycles. The first-order chi connectivity index (χ1) is 8.69. The van der Waals surface area contributed by atoms with Gasteiger partial charge in [-0.25, -0.2) is 0 Å². The van der Waals surface area contributed by atoms with E-state index in [1.54, 1.807) is 6.92 Å². The van der Waals surface area contributed by atoms with Crippen molar-refractivity contribution in [2.75, 3.05) is 0 Å². The number of esters is 1. The number of hydrogen-bond acceptors (Lipinski definition) is 3. The van der Waals surface area contributed by atoms with Gasteiger partial charge in [0.25, 0.3) is 0 Å². The van der Waals surface area contributed by atoms with Crippen LogP contribution in [0.3, 0.4) is 0 Å². The van der Waals surface area contributed by atoms with E-state index in [0.717, 1.165) is 5.56 Å². The van der Waals surface area contributed by atoms with Crippen molar-refractivity contribution in [1.29, 1.82) is 0 Å². The fourth-order valence-corrected chi connectivity index (χ4v) is 2.43. The first kappa shape index (κ1) is 14.1. The van der Waals surface area contributed by atoms with Crippen molar-refractivity contribution >= 4 is 5.97 Å². The maximum Gasteiger partial charge on any atom is 0.315 e. The average molecular weight is 262 g/mol. The van der Waals surface area contributed by atoms with Crippen LogP contribution < -0.4 is 0 Å². The second kappa shape index (κ2) is 4.34. The molecule has 1 aliphatic rings. The van der Waals surface area contributed by atoms with E-state index in [4.69, 9.17) is 4.74 Å². The van der Waals surface area contributed by atoms with Gasteiger partial charge in [-0.05, 0) is 46.1 Å². The van der Waals surface area contributed by atoms with Crippen molar-refractivity contribution in [3.8, 4) is 0 Å². The molecular weight excluding hydrogens is 240 g/mol. The lowest BCUT2D eigenvalue weighted by Gasteiger charge is -2.34. The summed E-state index contributed by atoms with van der Waals surface area (Å²) in [4.78, 5) is 12.4. The molecule has 0 bridgehead atoms. The van der Waals surface area contributed by atoms with Crippen LogP contribution in [0.15, 0.2) is 30.3 Å². The Morgan fingerprint density at radius 2 is 1.68 bits per heavy atom. The highest BCUT2D eigenvalue weighted by atomic mass is 16.6. The Labute approximate surface area is 114 Å². The molecule has 0 amide bonds. The molecule has 104 valence electrons. The Balaban J connectivity index is 2.27. The maximum atomic E-state index is 12.4. The number of hydrogen-bond donors (Lipinski definition) is 1. The molecule has 1 unspecified atom stereocenters. The summed E-state index contributed by atoms with van der Waals surface area (Å²) in [5.74, 6) is -0.297. The second-order valence-corrected chi connectivity index (χ2v) is 6.52. The van der Waals surface area contributed by atoms with E-state index >= 15 is 0 Å². The lowest BCUT2D eigenvalue weighted by atomic mass is 9.80. The third-order valence-electron chi connectivity index (χ3n) is 3.81. The largest absolute Gasteiger partial charge is 0.459 e. The van der Waals surface area contributed by atoms with E-state index in [-0.39, 0.29) is 5.97 Å². The van der Waals surface area contributed by atoms with Crippen molar-refractivity contribution in [1.82, 2.24) is 0 Å². The van der Waals surface area contributed by atoms with Crippen molar-refractivity contribution in [2.24, 2.45) is 5.41 Å². The molecule has 0 radical (unpaired) electrons. The Kier molecular flexibility index (Phi) is 3.21. The van der Waals surface area contributed by atoms with Crippen LogP contribution in [0.4, 0.5) is 0 Å². The SMILES string of the molecule is CC(C)(C)OC(=O)C1(C(C)(O)c2ccccc2)CC1. The Hall–Kier alpha value is -1.35. The highest BCUT2D eigenvalue weighted by Crippen LogP contribution is 2.59. The van der Waals surface area contributed by atoms with Gasteiger partial charge in [0.2, 0.25) is 0 Å². The normalized spacial score (nSPS) is 20.5. The van der Waals surface area contributed by atoms with Crippen LogP contribution in [-0.4, -0.2) is 16.7 Å². The van der Waals surface area contributed by atoms with Crippen LogP contribution in [0.25, 0.3) is 0 Å². The van der Waals surface area contributed by atoms with Crippen LogP contribution in [0.2, 0.25) is 0 Å². The first-order valence-electron chi connectivity index (χ1n) is 6.70. The quantitative estimate of drug-likeness (QED) is 0.852. The highest BCUT2D eigenvalue weighted by Gasteiger charge is 2.64. The predicted molar refractivity (Wildman–Crippen MR) is 73.5 cm³/mol. The number of carbonyl (C=O) groups excluding carboxylic acids is 1. The number of rotatable bonds is 3. The molecule has 3 nitrogen and oxygen atoms in total. The predicted octanol–water partition coefficient (Wildman–Crippen LogP) is 3.02. The van der Waals surface area contributed by atoms with Crippen molar-refractivity contribution in [3.05, 3.63) is 35.9 Å². The van der Waals surface area contributed by atoms with Crippen LogP contribution in [-0.2, 0) is 15.1 Å². The Bertz CT molecular complexity index is 465. The Morgan fingerprint density at radius 1 is 1.16 bits per heavy atom. The molecular formula is C16H22O3. The molecule has 1 N–H and O–H groups in total. The molecule has 0 saturated heterocycles. The molecule has 1 fully saturated rings. The van der Waals surface area contributed by atoms with E-state index in [0.29, 0.717) is 12.8 Å². The molecule has 1 saturated carbocycles. The van der Waals surface area contributed by atoms with Gasteiger partial charge in [0, 0.05) is 0 Å². The van der Waals surface area contributed by atoms with Crippen LogP contribution in [0.5, 0.6) is 0 Å². The fraction of sp³-hybridized carbons (Fsp3) is 0.562. The minimum Gasteiger partial charge on any atom is -0.459 e. The van der Waals surface area contributed by atoms with Crippen LogP contribution in [0, 0.1) is 5.41 Å².